The second-order valence-corrected chi connectivity index (χ2v) is 7.94. The van der Waals surface area contributed by atoms with E-state index in [2.05, 4.69) is 19.9 Å². The van der Waals surface area contributed by atoms with Crippen LogP contribution in [0.5, 0.6) is 0 Å². The minimum absolute atomic E-state index is 0.239. The number of ketones is 3. The molecule has 1 fully saturated rings. The van der Waals surface area contributed by atoms with Gasteiger partial charge < -0.3 is 0 Å². The van der Waals surface area contributed by atoms with Crippen LogP contribution >= 0.6 is 0 Å². The second kappa shape index (κ2) is 11.4. The van der Waals surface area contributed by atoms with E-state index in [1.807, 2.05) is 6.92 Å². The van der Waals surface area contributed by atoms with Crippen LogP contribution in [0.3, 0.4) is 0 Å². The lowest BCUT2D eigenvalue weighted by atomic mass is 9.77. The summed E-state index contributed by atoms with van der Waals surface area (Å²) in [5, 5.41) is 0. The fourth-order valence-corrected chi connectivity index (χ4v) is 3.79. The summed E-state index contributed by atoms with van der Waals surface area (Å²) < 4.78 is 0. The van der Waals surface area contributed by atoms with Crippen LogP contribution in [0.4, 0.5) is 0 Å². The van der Waals surface area contributed by atoms with Gasteiger partial charge in [0.2, 0.25) is 0 Å². The SMILES string of the molecule is CC1=CCC(C(C)CC2CCCC2=O)CC1.CCCCC(=O)C(C)=O. The van der Waals surface area contributed by atoms with Gasteiger partial charge in [-0.25, -0.2) is 0 Å². The summed E-state index contributed by atoms with van der Waals surface area (Å²) in [7, 11) is 0. The van der Waals surface area contributed by atoms with Crippen molar-refractivity contribution in [3.05, 3.63) is 11.6 Å². The first-order valence-electron chi connectivity index (χ1n) is 10.1. The summed E-state index contributed by atoms with van der Waals surface area (Å²) in [4.78, 5) is 32.5. The van der Waals surface area contributed by atoms with Crippen molar-refractivity contribution in [2.75, 3.05) is 0 Å². The molecule has 0 spiro atoms. The van der Waals surface area contributed by atoms with Crippen molar-refractivity contribution in [2.24, 2.45) is 17.8 Å². The molecule has 3 heteroatoms. The summed E-state index contributed by atoms with van der Waals surface area (Å²) in [6.07, 6.45) is 12.8. The van der Waals surface area contributed by atoms with E-state index in [4.69, 9.17) is 0 Å². The van der Waals surface area contributed by atoms with Crippen LogP contribution in [0.1, 0.15) is 91.9 Å². The number of allylic oxidation sites excluding steroid dienone is 2. The maximum absolute atomic E-state index is 11.6. The van der Waals surface area contributed by atoms with Crippen LogP contribution in [0.15, 0.2) is 11.6 Å². The Balaban J connectivity index is 0.000000299. The molecule has 25 heavy (non-hydrogen) atoms. The first-order valence-corrected chi connectivity index (χ1v) is 10.1. The lowest BCUT2D eigenvalue weighted by molar-refractivity contribution is -0.135. The molecule has 2 aliphatic carbocycles. The van der Waals surface area contributed by atoms with Crippen molar-refractivity contribution in [2.45, 2.75) is 91.9 Å². The number of hydrogen-bond acceptors (Lipinski definition) is 3. The lowest BCUT2D eigenvalue weighted by Crippen LogP contribution is -2.19. The van der Waals surface area contributed by atoms with Crippen molar-refractivity contribution >= 4 is 17.3 Å². The molecule has 0 bridgehead atoms. The van der Waals surface area contributed by atoms with Crippen LogP contribution in [0.25, 0.3) is 0 Å². The number of Topliss-reactive ketones (excluding diaryl/α,β-unsaturated/α-hetero) is 3. The van der Waals surface area contributed by atoms with Gasteiger partial charge in [-0.05, 0) is 63.7 Å². The smallest absolute Gasteiger partial charge is 0.198 e. The van der Waals surface area contributed by atoms with Gasteiger partial charge in [0.25, 0.3) is 0 Å². The standard InChI is InChI=1S/C15H24O.C7H12O2/c1-11-6-8-13(9-7-11)12(2)10-14-4-3-5-15(14)16;1-3-4-5-7(9)6(2)8/h6,12-14H,3-5,7-10H2,1-2H3;3-5H2,1-2H3. The molecule has 0 radical (unpaired) electrons. The molecule has 0 aromatic heterocycles. The molecule has 0 aromatic carbocycles. The maximum atomic E-state index is 11.6. The fraction of sp³-hybridized carbons (Fsp3) is 0.773. The van der Waals surface area contributed by atoms with Crippen LogP contribution in [-0.4, -0.2) is 17.3 Å². The minimum atomic E-state index is -0.316. The molecular weight excluding hydrogens is 312 g/mol. The molecule has 0 aliphatic heterocycles. The Bertz CT molecular complexity index is 490. The highest BCUT2D eigenvalue weighted by atomic mass is 16.2. The molecular formula is C22H36O3. The molecule has 3 nitrogen and oxygen atoms in total. The van der Waals surface area contributed by atoms with Crippen molar-refractivity contribution < 1.29 is 14.4 Å². The van der Waals surface area contributed by atoms with Crippen LogP contribution in [0.2, 0.25) is 0 Å². The van der Waals surface area contributed by atoms with Gasteiger partial charge in [-0.2, -0.15) is 0 Å². The zero-order valence-corrected chi connectivity index (χ0v) is 16.6. The summed E-state index contributed by atoms with van der Waals surface area (Å²) in [6, 6.07) is 0. The Labute approximate surface area is 153 Å². The molecule has 2 rings (SSSR count). The minimum Gasteiger partial charge on any atom is -0.299 e. The fourth-order valence-electron chi connectivity index (χ4n) is 3.79. The van der Waals surface area contributed by atoms with E-state index in [1.54, 1.807) is 5.57 Å². The Morgan fingerprint density at radius 1 is 1.24 bits per heavy atom. The van der Waals surface area contributed by atoms with Crippen LogP contribution in [0, 0.1) is 17.8 Å². The quantitative estimate of drug-likeness (QED) is 0.453. The summed E-state index contributed by atoms with van der Waals surface area (Å²) in [6.45, 7) is 7.90. The van der Waals surface area contributed by atoms with Gasteiger partial charge in [-0.15, -0.1) is 0 Å². The maximum Gasteiger partial charge on any atom is 0.198 e. The Morgan fingerprint density at radius 3 is 2.44 bits per heavy atom. The number of unbranched alkanes of at least 4 members (excludes halogenated alkanes) is 1. The normalized spacial score (nSPS) is 24.2. The van der Waals surface area contributed by atoms with Crippen molar-refractivity contribution in [3.8, 4) is 0 Å². The van der Waals surface area contributed by atoms with E-state index < -0.39 is 0 Å². The van der Waals surface area contributed by atoms with E-state index in [9.17, 15) is 14.4 Å². The molecule has 2 aliphatic rings. The third-order valence-electron chi connectivity index (χ3n) is 5.72. The number of rotatable bonds is 7. The van der Waals surface area contributed by atoms with Crippen molar-refractivity contribution in [1.82, 2.24) is 0 Å². The van der Waals surface area contributed by atoms with E-state index in [-0.39, 0.29) is 11.6 Å². The molecule has 3 unspecified atom stereocenters. The monoisotopic (exact) mass is 348 g/mol. The van der Waals surface area contributed by atoms with Gasteiger partial charge in [-0.1, -0.05) is 31.9 Å². The molecule has 3 atom stereocenters. The summed E-state index contributed by atoms with van der Waals surface area (Å²) in [5.74, 6) is 1.95. The average molecular weight is 349 g/mol. The van der Waals surface area contributed by atoms with Gasteiger partial charge >= 0.3 is 0 Å². The molecule has 142 valence electrons. The topological polar surface area (TPSA) is 51.2 Å². The van der Waals surface area contributed by atoms with Gasteiger partial charge in [0, 0.05) is 25.7 Å². The van der Waals surface area contributed by atoms with Gasteiger partial charge in [0.1, 0.15) is 5.78 Å². The predicted octanol–water partition coefficient (Wildman–Crippen LogP) is 5.46. The van der Waals surface area contributed by atoms with E-state index in [0.717, 1.165) is 50.4 Å². The van der Waals surface area contributed by atoms with Crippen molar-refractivity contribution in [3.63, 3.8) is 0 Å². The molecule has 0 aromatic rings. The lowest BCUT2D eigenvalue weighted by Gasteiger charge is -2.28. The molecule has 0 heterocycles. The largest absolute Gasteiger partial charge is 0.299 e. The van der Waals surface area contributed by atoms with E-state index in [0.29, 0.717) is 18.1 Å². The Hall–Kier alpha value is -1.25. The molecule has 0 saturated heterocycles. The highest BCUT2D eigenvalue weighted by molar-refractivity contribution is 6.36. The van der Waals surface area contributed by atoms with E-state index in [1.165, 1.54) is 26.2 Å². The van der Waals surface area contributed by atoms with Crippen molar-refractivity contribution in [1.29, 1.82) is 0 Å². The van der Waals surface area contributed by atoms with Gasteiger partial charge in [-0.3, -0.25) is 14.4 Å². The number of hydrogen-bond donors (Lipinski definition) is 0. The zero-order chi connectivity index (χ0) is 18.8. The first kappa shape index (κ1) is 21.8. The summed E-state index contributed by atoms with van der Waals surface area (Å²) >= 11 is 0. The molecule has 0 N–H and O–H groups in total. The van der Waals surface area contributed by atoms with Crippen LogP contribution < -0.4 is 0 Å². The highest BCUT2D eigenvalue weighted by Gasteiger charge is 2.29. The molecule has 1 saturated carbocycles. The van der Waals surface area contributed by atoms with Gasteiger partial charge in [0.05, 0.1) is 0 Å². The number of carbonyl (C=O) groups excluding carboxylic acids is 3. The predicted molar refractivity (Wildman–Crippen MR) is 102 cm³/mol. The second-order valence-electron chi connectivity index (χ2n) is 7.94. The highest BCUT2D eigenvalue weighted by Crippen LogP contribution is 2.35. The first-order chi connectivity index (χ1) is 11.8. The Kier molecular flexibility index (Phi) is 9.92. The third-order valence-corrected chi connectivity index (χ3v) is 5.72. The summed E-state index contributed by atoms with van der Waals surface area (Å²) in [5.41, 5.74) is 1.56. The van der Waals surface area contributed by atoms with Gasteiger partial charge in [0.15, 0.2) is 11.6 Å². The zero-order valence-electron chi connectivity index (χ0n) is 16.6. The molecule has 0 amide bonds. The Morgan fingerprint density at radius 2 is 1.96 bits per heavy atom. The van der Waals surface area contributed by atoms with E-state index >= 15 is 0 Å². The average Bonchev–Trinajstić information content (AvgIpc) is 2.98. The third kappa shape index (κ3) is 8.11. The van der Waals surface area contributed by atoms with Crippen LogP contribution in [-0.2, 0) is 14.4 Å². The number of carbonyl (C=O) groups is 3.